The topological polar surface area (TPSA) is 77.1 Å². The molecule has 0 radical (unpaired) electrons. The van der Waals surface area contributed by atoms with Crippen molar-refractivity contribution in [2.24, 2.45) is 5.10 Å². The van der Waals surface area contributed by atoms with Gasteiger partial charge in [0, 0.05) is 33.9 Å². The minimum Gasteiger partial charge on any atom is -0.329 e. The van der Waals surface area contributed by atoms with Crippen LogP contribution in [0, 0.1) is 6.92 Å². The number of rotatable bonds is 6. The first-order chi connectivity index (χ1) is 17.0. The van der Waals surface area contributed by atoms with Crippen LogP contribution in [0.15, 0.2) is 88.6 Å². The van der Waals surface area contributed by atoms with Crippen LogP contribution in [-0.2, 0) is 6.54 Å². The van der Waals surface area contributed by atoms with E-state index in [1.807, 2.05) is 73.8 Å². The molecular formula is C27H23BrN6O. The maximum Gasteiger partial charge on any atom is 0.271 e. The number of carbonyl (C=O) groups excluding carboxylic acids is 1. The fourth-order valence-electron chi connectivity index (χ4n) is 4.04. The molecule has 0 saturated heterocycles. The van der Waals surface area contributed by atoms with Gasteiger partial charge in [-0.05, 0) is 56.3 Å². The van der Waals surface area contributed by atoms with Gasteiger partial charge >= 0.3 is 0 Å². The third-order valence-corrected chi connectivity index (χ3v) is 6.30. The molecule has 0 spiro atoms. The lowest BCUT2D eigenvalue weighted by atomic mass is 10.1. The van der Waals surface area contributed by atoms with Crippen molar-refractivity contribution >= 4 is 39.1 Å². The zero-order valence-corrected chi connectivity index (χ0v) is 20.9. The third-order valence-electron chi connectivity index (χ3n) is 5.77. The Morgan fingerprint density at radius 1 is 1.09 bits per heavy atom. The number of imidazole rings is 1. The van der Waals surface area contributed by atoms with Gasteiger partial charge in [0.1, 0.15) is 11.5 Å². The summed E-state index contributed by atoms with van der Waals surface area (Å²) < 4.78 is 4.91. The number of nitrogens with one attached hydrogen (secondary N) is 1. The van der Waals surface area contributed by atoms with Crippen molar-refractivity contribution in [1.82, 2.24) is 24.8 Å². The number of carbonyl (C=O) groups is 1. The number of hydrogen-bond acceptors (Lipinski definition) is 4. The molecule has 35 heavy (non-hydrogen) atoms. The molecule has 0 saturated carbocycles. The number of hydrogen-bond donors (Lipinski definition) is 1. The van der Waals surface area contributed by atoms with Gasteiger partial charge in [-0.1, -0.05) is 46.3 Å². The summed E-state index contributed by atoms with van der Waals surface area (Å²) in [7, 11) is 0. The van der Waals surface area contributed by atoms with E-state index in [1.165, 1.54) is 0 Å². The molecule has 2 aromatic heterocycles. The number of aryl methyl sites for hydroxylation is 2. The second-order valence-corrected chi connectivity index (χ2v) is 8.94. The van der Waals surface area contributed by atoms with Crippen LogP contribution in [0.25, 0.3) is 28.0 Å². The molecule has 0 fully saturated rings. The van der Waals surface area contributed by atoms with Gasteiger partial charge in [0.2, 0.25) is 0 Å². The Bertz CT molecular complexity index is 1530. The van der Waals surface area contributed by atoms with Gasteiger partial charge in [0.05, 0.1) is 22.9 Å². The first kappa shape index (κ1) is 22.7. The van der Waals surface area contributed by atoms with Crippen LogP contribution >= 0.6 is 15.9 Å². The second kappa shape index (κ2) is 9.68. The molecule has 0 unspecified atom stereocenters. The molecule has 7 nitrogen and oxygen atoms in total. The minimum atomic E-state index is -0.299. The van der Waals surface area contributed by atoms with E-state index < -0.39 is 0 Å². The summed E-state index contributed by atoms with van der Waals surface area (Å²) in [6, 6.07) is 23.3. The number of amides is 1. The largest absolute Gasteiger partial charge is 0.329 e. The average Bonchev–Trinajstić information content (AvgIpc) is 3.44. The Kier molecular flexibility index (Phi) is 6.29. The lowest BCUT2D eigenvalue weighted by Crippen LogP contribution is -2.17. The summed E-state index contributed by atoms with van der Waals surface area (Å²) in [5, 5.41) is 9.01. The van der Waals surface area contributed by atoms with Gasteiger partial charge in [0.15, 0.2) is 0 Å². The molecular weight excluding hydrogens is 504 g/mol. The number of nitrogens with zero attached hydrogens (tertiary/aromatic N) is 5. The molecule has 8 heteroatoms. The van der Waals surface area contributed by atoms with Crippen LogP contribution in [0.2, 0.25) is 0 Å². The predicted molar refractivity (Wildman–Crippen MR) is 142 cm³/mol. The molecule has 3 aromatic carbocycles. The Hall–Kier alpha value is -4.04. The summed E-state index contributed by atoms with van der Waals surface area (Å²) in [6.45, 7) is 4.87. The van der Waals surface area contributed by atoms with Crippen molar-refractivity contribution in [3.05, 3.63) is 100 Å². The first-order valence-corrected chi connectivity index (χ1v) is 12.0. The van der Waals surface area contributed by atoms with Crippen molar-refractivity contribution in [3.63, 3.8) is 0 Å². The van der Waals surface area contributed by atoms with Crippen molar-refractivity contribution in [2.75, 3.05) is 0 Å². The van der Waals surface area contributed by atoms with Crippen LogP contribution in [0.4, 0.5) is 0 Å². The van der Waals surface area contributed by atoms with Gasteiger partial charge in [-0.25, -0.2) is 15.1 Å². The van der Waals surface area contributed by atoms with Gasteiger partial charge < -0.3 is 4.57 Å². The quantitative estimate of drug-likeness (QED) is 0.226. The van der Waals surface area contributed by atoms with E-state index in [-0.39, 0.29) is 5.91 Å². The Morgan fingerprint density at radius 2 is 1.86 bits per heavy atom. The van der Waals surface area contributed by atoms with Crippen molar-refractivity contribution in [2.45, 2.75) is 20.4 Å². The highest BCUT2D eigenvalue weighted by atomic mass is 79.9. The summed E-state index contributed by atoms with van der Waals surface area (Å²) in [5.41, 5.74) is 8.37. The van der Waals surface area contributed by atoms with Crippen LogP contribution in [-0.4, -0.2) is 31.5 Å². The summed E-state index contributed by atoms with van der Waals surface area (Å²) >= 11 is 3.48. The number of hydrazone groups is 1. The van der Waals surface area contributed by atoms with Gasteiger partial charge in [-0.3, -0.25) is 4.79 Å². The molecule has 5 rings (SSSR count). The predicted octanol–water partition coefficient (Wildman–Crippen LogP) is 5.74. The number of para-hydroxylation sites is 1. The van der Waals surface area contributed by atoms with Crippen molar-refractivity contribution < 1.29 is 4.79 Å². The van der Waals surface area contributed by atoms with Crippen molar-refractivity contribution in [3.8, 4) is 16.9 Å². The number of aromatic nitrogens is 4. The SMILES string of the molecule is CCn1c(C)nc2cc(C(=O)NN=Cc3cn(-c4ccccc4)nc3-c3ccc(Br)cc3)ccc21. The molecule has 174 valence electrons. The van der Waals surface area contributed by atoms with Gasteiger partial charge in [0.25, 0.3) is 5.91 Å². The Morgan fingerprint density at radius 3 is 2.60 bits per heavy atom. The lowest BCUT2D eigenvalue weighted by molar-refractivity contribution is 0.0955. The van der Waals surface area contributed by atoms with Crippen LogP contribution in [0.1, 0.15) is 28.7 Å². The highest BCUT2D eigenvalue weighted by Crippen LogP contribution is 2.24. The standard InChI is InChI=1S/C27H23BrN6O/c1-3-33-18(2)30-24-15-20(11-14-25(24)33)27(35)31-29-16-21-17-34(23-7-5-4-6-8-23)32-26(21)19-9-12-22(28)13-10-19/h4-17H,3H2,1-2H3,(H,31,35). The summed E-state index contributed by atoms with van der Waals surface area (Å²) in [5.74, 6) is 0.626. The average molecular weight is 527 g/mol. The summed E-state index contributed by atoms with van der Waals surface area (Å²) in [6.07, 6.45) is 3.52. The molecule has 0 atom stereocenters. The van der Waals surface area contributed by atoms with E-state index in [4.69, 9.17) is 5.10 Å². The fourth-order valence-corrected chi connectivity index (χ4v) is 4.31. The van der Waals surface area contributed by atoms with Crippen LogP contribution in [0.5, 0.6) is 0 Å². The minimum absolute atomic E-state index is 0.299. The second-order valence-electron chi connectivity index (χ2n) is 8.03. The molecule has 0 aliphatic heterocycles. The Balaban J connectivity index is 1.42. The maximum atomic E-state index is 12.8. The number of benzene rings is 3. The van der Waals surface area contributed by atoms with E-state index in [9.17, 15) is 4.79 Å². The monoisotopic (exact) mass is 526 g/mol. The van der Waals surface area contributed by atoms with Crippen LogP contribution < -0.4 is 5.43 Å². The molecule has 0 aliphatic carbocycles. The lowest BCUT2D eigenvalue weighted by Gasteiger charge is -2.03. The maximum absolute atomic E-state index is 12.8. The molecule has 0 aliphatic rings. The van der Waals surface area contributed by atoms with E-state index in [0.717, 1.165) is 50.4 Å². The number of fused-ring (bicyclic) bond motifs is 1. The third kappa shape index (κ3) is 4.65. The van der Waals surface area contributed by atoms with Crippen molar-refractivity contribution in [1.29, 1.82) is 0 Å². The van der Waals surface area contributed by atoms with Crippen LogP contribution in [0.3, 0.4) is 0 Å². The summed E-state index contributed by atoms with van der Waals surface area (Å²) in [4.78, 5) is 17.3. The van der Waals surface area contributed by atoms with E-state index in [0.29, 0.717) is 5.56 Å². The zero-order valence-electron chi connectivity index (χ0n) is 19.3. The van der Waals surface area contributed by atoms with Gasteiger partial charge in [-0.15, -0.1) is 0 Å². The van der Waals surface area contributed by atoms with E-state index in [1.54, 1.807) is 23.0 Å². The van der Waals surface area contributed by atoms with E-state index >= 15 is 0 Å². The highest BCUT2D eigenvalue weighted by molar-refractivity contribution is 9.10. The number of halogens is 1. The molecule has 5 aromatic rings. The fraction of sp³-hybridized carbons (Fsp3) is 0.111. The molecule has 1 amide bonds. The normalized spacial score (nSPS) is 11.4. The van der Waals surface area contributed by atoms with E-state index in [2.05, 4.69) is 42.9 Å². The smallest absolute Gasteiger partial charge is 0.271 e. The zero-order chi connectivity index (χ0) is 24.4. The Labute approximate surface area is 211 Å². The van der Waals surface area contributed by atoms with Gasteiger partial charge in [-0.2, -0.15) is 10.2 Å². The molecule has 1 N–H and O–H groups in total. The molecule has 2 heterocycles. The highest BCUT2D eigenvalue weighted by Gasteiger charge is 2.13. The first-order valence-electron chi connectivity index (χ1n) is 11.2. The molecule has 0 bridgehead atoms.